The average Bonchev–Trinajstić information content (AvgIpc) is 3.09. The number of thioether (sulfide) groups is 1. The lowest BCUT2D eigenvalue weighted by Gasteiger charge is -2.06. The molecule has 2 aromatic heterocycles. The number of nitrogens with one attached hydrogen (secondary N) is 1. The lowest BCUT2D eigenvalue weighted by Crippen LogP contribution is -2.28. The molecular weight excluding hydrogens is 310 g/mol. The third-order valence-electron chi connectivity index (χ3n) is 3.57. The number of nitrogens with zero attached hydrogens (tertiary/aromatic N) is 4. The minimum absolute atomic E-state index is 0.0326. The van der Waals surface area contributed by atoms with Gasteiger partial charge in [-0.25, -0.2) is 0 Å². The molecule has 0 unspecified atom stereocenters. The molecule has 23 heavy (non-hydrogen) atoms. The average molecular weight is 329 g/mol. The molecule has 7 heteroatoms. The highest BCUT2D eigenvalue weighted by molar-refractivity contribution is 8.00. The molecule has 2 heterocycles. The van der Waals surface area contributed by atoms with Crippen LogP contribution >= 0.6 is 11.8 Å². The van der Waals surface area contributed by atoms with Gasteiger partial charge in [-0.15, -0.1) is 11.8 Å². The van der Waals surface area contributed by atoms with Crippen LogP contribution in [0.1, 0.15) is 5.69 Å². The maximum atomic E-state index is 11.9. The largest absolute Gasteiger partial charge is 0.354 e. The lowest BCUT2D eigenvalue weighted by atomic mass is 10.4. The molecule has 1 N–H and O–H groups in total. The van der Waals surface area contributed by atoms with Crippen LogP contribution in [0, 0.1) is 6.92 Å². The van der Waals surface area contributed by atoms with Crippen LogP contribution in [0.15, 0.2) is 41.4 Å². The molecule has 6 nitrogen and oxygen atoms in total. The Labute approximate surface area is 138 Å². The maximum Gasteiger partial charge on any atom is 0.230 e. The third kappa shape index (κ3) is 3.56. The number of benzene rings is 1. The lowest BCUT2D eigenvalue weighted by molar-refractivity contribution is -0.118. The quantitative estimate of drug-likeness (QED) is 0.703. The Kier molecular flexibility index (Phi) is 4.66. The molecule has 0 atom stereocenters. The SMILES string of the molecule is Cc1nn(C)c2cnn(CCNC(=O)CSc3ccccc3)c12. The highest BCUT2D eigenvalue weighted by atomic mass is 32.2. The molecule has 3 rings (SSSR count). The summed E-state index contributed by atoms with van der Waals surface area (Å²) in [5.74, 6) is 0.454. The number of hydrogen-bond acceptors (Lipinski definition) is 4. The van der Waals surface area contributed by atoms with E-state index in [4.69, 9.17) is 0 Å². The van der Waals surface area contributed by atoms with Gasteiger partial charge >= 0.3 is 0 Å². The van der Waals surface area contributed by atoms with E-state index in [9.17, 15) is 4.79 Å². The first-order chi connectivity index (χ1) is 11.1. The van der Waals surface area contributed by atoms with Crippen LogP contribution < -0.4 is 5.32 Å². The van der Waals surface area contributed by atoms with Crippen LogP contribution in [0.2, 0.25) is 0 Å². The van der Waals surface area contributed by atoms with Crippen molar-refractivity contribution in [1.82, 2.24) is 24.9 Å². The number of aryl methyl sites for hydroxylation is 2. The summed E-state index contributed by atoms with van der Waals surface area (Å²) in [4.78, 5) is 13.0. The number of rotatable bonds is 6. The summed E-state index contributed by atoms with van der Waals surface area (Å²) in [7, 11) is 1.91. The molecule has 0 aliphatic carbocycles. The molecule has 0 spiro atoms. The van der Waals surface area contributed by atoms with Crippen molar-refractivity contribution in [2.24, 2.45) is 7.05 Å². The van der Waals surface area contributed by atoms with Crippen molar-refractivity contribution in [3.63, 3.8) is 0 Å². The number of carbonyl (C=O) groups is 1. The summed E-state index contributed by atoms with van der Waals surface area (Å²) >= 11 is 1.54. The number of hydrogen-bond donors (Lipinski definition) is 1. The first kappa shape index (κ1) is 15.6. The number of carbonyl (C=O) groups excluding carboxylic acids is 1. The van der Waals surface area contributed by atoms with Gasteiger partial charge in [0.05, 0.1) is 24.2 Å². The predicted octanol–water partition coefficient (Wildman–Crippen LogP) is 1.99. The summed E-state index contributed by atoms with van der Waals surface area (Å²) in [6.45, 7) is 3.16. The van der Waals surface area contributed by atoms with Crippen LogP contribution in [-0.4, -0.2) is 37.8 Å². The van der Waals surface area contributed by atoms with Crippen molar-refractivity contribution >= 4 is 28.7 Å². The van der Waals surface area contributed by atoms with Crippen molar-refractivity contribution in [2.45, 2.75) is 18.4 Å². The zero-order valence-corrected chi connectivity index (χ0v) is 14.0. The number of fused-ring (bicyclic) bond motifs is 1. The second-order valence-corrected chi connectivity index (χ2v) is 6.31. The van der Waals surface area contributed by atoms with Gasteiger partial charge in [-0.2, -0.15) is 10.2 Å². The van der Waals surface area contributed by atoms with Gasteiger partial charge in [-0.1, -0.05) is 18.2 Å². The smallest absolute Gasteiger partial charge is 0.230 e. The van der Waals surface area contributed by atoms with Crippen molar-refractivity contribution < 1.29 is 4.79 Å². The number of aromatic nitrogens is 4. The topological polar surface area (TPSA) is 64.7 Å². The van der Waals surface area contributed by atoms with Crippen LogP contribution in [0.5, 0.6) is 0 Å². The van der Waals surface area contributed by atoms with E-state index in [-0.39, 0.29) is 5.91 Å². The van der Waals surface area contributed by atoms with Crippen molar-refractivity contribution in [2.75, 3.05) is 12.3 Å². The van der Waals surface area contributed by atoms with Gasteiger partial charge in [0.25, 0.3) is 0 Å². The van der Waals surface area contributed by atoms with E-state index >= 15 is 0 Å². The van der Waals surface area contributed by atoms with Crippen molar-refractivity contribution in [3.05, 3.63) is 42.2 Å². The molecule has 1 aromatic carbocycles. The Morgan fingerprint density at radius 3 is 2.87 bits per heavy atom. The number of amides is 1. The van der Waals surface area contributed by atoms with Crippen LogP contribution in [0.3, 0.4) is 0 Å². The molecule has 3 aromatic rings. The molecule has 120 valence electrons. The van der Waals surface area contributed by atoms with E-state index in [1.807, 2.05) is 59.9 Å². The van der Waals surface area contributed by atoms with Crippen LogP contribution in [0.4, 0.5) is 0 Å². The molecule has 0 saturated carbocycles. The summed E-state index contributed by atoms with van der Waals surface area (Å²) < 4.78 is 3.71. The molecular formula is C16H19N5OS. The molecule has 0 aliphatic heterocycles. The monoisotopic (exact) mass is 329 g/mol. The van der Waals surface area contributed by atoms with Gasteiger partial charge in [-0.3, -0.25) is 14.2 Å². The molecule has 1 amide bonds. The van der Waals surface area contributed by atoms with Gasteiger partial charge in [0.1, 0.15) is 11.0 Å². The standard InChI is InChI=1S/C16H19N5OS/c1-12-16-14(20(2)19-12)10-18-21(16)9-8-17-15(22)11-23-13-6-4-3-5-7-13/h3-7,10H,8-9,11H2,1-2H3,(H,17,22). The molecule has 0 aliphatic rings. The zero-order valence-electron chi connectivity index (χ0n) is 13.2. The van der Waals surface area contributed by atoms with Crippen LogP contribution in [0.25, 0.3) is 11.0 Å². The normalized spacial score (nSPS) is 11.0. The van der Waals surface area contributed by atoms with Gasteiger partial charge in [0, 0.05) is 18.5 Å². The van der Waals surface area contributed by atoms with Crippen molar-refractivity contribution in [1.29, 1.82) is 0 Å². The Morgan fingerprint density at radius 1 is 1.30 bits per heavy atom. The molecule has 0 fully saturated rings. The zero-order chi connectivity index (χ0) is 16.2. The maximum absolute atomic E-state index is 11.9. The minimum Gasteiger partial charge on any atom is -0.354 e. The molecule has 0 radical (unpaired) electrons. The van der Waals surface area contributed by atoms with Gasteiger partial charge in [0.15, 0.2) is 0 Å². The fourth-order valence-electron chi connectivity index (χ4n) is 2.50. The van der Waals surface area contributed by atoms with Gasteiger partial charge in [0.2, 0.25) is 5.91 Å². The van der Waals surface area contributed by atoms with Gasteiger partial charge < -0.3 is 5.32 Å². The van der Waals surface area contributed by atoms with Crippen molar-refractivity contribution in [3.8, 4) is 0 Å². The van der Waals surface area contributed by atoms with E-state index in [1.165, 1.54) is 11.8 Å². The summed E-state index contributed by atoms with van der Waals surface area (Å²) in [6.07, 6.45) is 1.81. The van der Waals surface area contributed by atoms with E-state index in [0.29, 0.717) is 18.8 Å². The van der Waals surface area contributed by atoms with E-state index in [0.717, 1.165) is 21.6 Å². The Bertz CT molecular complexity index is 809. The fourth-order valence-corrected chi connectivity index (χ4v) is 3.25. The first-order valence-corrected chi connectivity index (χ1v) is 8.43. The van der Waals surface area contributed by atoms with E-state index in [2.05, 4.69) is 15.5 Å². The molecule has 0 bridgehead atoms. The summed E-state index contributed by atoms with van der Waals surface area (Å²) in [6, 6.07) is 9.92. The second-order valence-electron chi connectivity index (χ2n) is 5.26. The second kappa shape index (κ2) is 6.87. The summed E-state index contributed by atoms with van der Waals surface area (Å²) in [5.41, 5.74) is 2.99. The van der Waals surface area contributed by atoms with E-state index < -0.39 is 0 Å². The third-order valence-corrected chi connectivity index (χ3v) is 4.58. The highest BCUT2D eigenvalue weighted by Crippen LogP contribution is 2.17. The highest BCUT2D eigenvalue weighted by Gasteiger charge is 2.11. The minimum atomic E-state index is 0.0326. The fraction of sp³-hybridized carbons (Fsp3) is 0.312. The Hall–Kier alpha value is -2.28. The first-order valence-electron chi connectivity index (χ1n) is 7.45. The predicted molar refractivity (Wildman–Crippen MR) is 91.4 cm³/mol. The van der Waals surface area contributed by atoms with E-state index in [1.54, 1.807) is 0 Å². The Morgan fingerprint density at radius 2 is 2.09 bits per heavy atom. The van der Waals surface area contributed by atoms with Crippen LogP contribution in [-0.2, 0) is 18.4 Å². The Balaban J connectivity index is 1.49. The molecule has 0 saturated heterocycles. The summed E-state index contributed by atoms with van der Waals surface area (Å²) in [5, 5.41) is 11.7. The van der Waals surface area contributed by atoms with Gasteiger partial charge in [-0.05, 0) is 19.1 Å².